The molecule has 2 aromatic heterocycles. The van der Waals surface area contributed by atoms with Gasteiger partial charge in [-0.1, -0.05) is 0 Å². The molecule has 0 aliphatic carbocycles. The summed E-state index contributed by atoms with van der Waals surface area (Å²) in [6.07, 6.45) is 0. The third-order valence-electron chi connectivity index (χ3n) is 2.49. The molecule has 21 heavy (non-hydrogen) atoms. The summed E-state index contributed by atoms with van der Waals surface area (Å²) in [6, 6.07) is 2.69. The summed E-state index contributed by atoms with van der Waals surface area (Å²) in [7, 11) is 2.92. The van der Waals surface area contributed by atoms with E-state index in [0.717, 1.165) is 4.68 Å². The second-order valence-corrected chi connectivity index (χ2v) is 3.90. The van der Waals surface area contributed by atoms with E-state index in [1.807, 2.05) is 0 Å². The van der Waals surface area contributed by atoms with Crippen LogP contribution in [0.2, 0.25) is 0 Å². The molecule has 10 nitrogen and oxygen atoms in total. The molecule has 0 saturated heterocycles. The number of aromatic amines is 1. The van der Waals surface area contributed by atoms with Crippen LogP contribution in [0.5, 0.6) is 6.01 Å². The summed E-state index contributed by atoms with van der Waals surface area (Å²) < 4.78 is 10.8. The predicted octanol–water partition coefficient (Wildman–Crippen LogP) is -0.731. The maximum absolute atomic E-state index is 12.0. The number of carbonyl (C=O) groups is 1. The monoisotopic (exact) mass is 294 g/mol. The molecule has 0 unspecified atom stereocenters. The Hall–Kier alpha value is -2.75. The Kier molecular flexibility index (Phi) is 4.61. The number of nitrogens with one attached hydrogen (secondary N) is 2. The molecule has 0 aromatic carbocycles. The number of carbonyl (C=O) groups excluding carboxylic acids is 1. The fourth-order valence-electron chi connectivity index (χ4n) is 1.47. The van der Waals surface area contributed by atoms with Crippen LogP contribution in [0, 0.1) is 0 Å². The van der Waals surface area contributed by atoms with Gasteiger partial charge in [-0.3, -0.25) is 14.9 Å². The Balaban J connectivity index is 2.13. The van der Waals surface area contributed by atoms with Gasteiger partial charge in [0, 0.05) is 13.2 Å². The van der Waals surface area contributed by atoms with Gasteiger partial charge in [0.1, 0.15) is 5.69 Å². The minimum absolute atomic E-state index is 0.0704. The number of hydrogen-bond acceptors (Lipinski definition) is 7. The zero-order valence-corrected chi connectivity index (χ0v) is 11.5. The molecule has 10 heteroatoms. The van der Waals surface area contributed by atoms with Gasteiger partial charge in [-0.2, -0.15) is 10.1 Å². The quantitative estimate of drug-likeness (QED) is 0.719. The van der Waals surface area contributed by atoms with E-state index >= 15 is 0 Å². The van der Waals surface area contributed by atoms with Crippen LogP contribution in [0.4, 0.5) is 5.95 Å². The van der Waals surface area contributed by atoms with Crippen LogP contribution >= 0.6 is 0 Å². The van der Waals surface area contributed by atoms with Crippen LogP contribution in [0.25, 0.3) is 0 Å². The van der Waals surface area contributed by atoms with Crippen molar-refractivity contribution >= 4 is 11.9 Å². The predicted molar refractivity (Wildman–Crippen MR) is 71.3 cm³/mol. The summed E-state index contributed by atoms with van der Waals surface area (Å²) in [6.45, 7) is 0.573. The number of amides is 1. The number of H-pyrrole nitrogens is 1. The zero-order chi connectivity index (χ0) is 15.2. The standard InChI is InChI=1S/C11H14N6O4/c1-20-6-5-17-8(18)4-3-7(16-17)9(19)12-10-13-11(21-2)15-14-10/h3-4H,5-6H2,1-2H3,(H2,12,13,14,15,19). The normalized spacial score (nSPS) is 10.4. The average Bonchev–Trinajstić information content (AvgIpc) is 2.94. The van der Waals surface area contributed by atoms with Crippen molar-refractivity contribution in [2.75, 3.05) is 26.1 Å². The van der Waals surface area contributed by atoms with Gasteiger partial charge < -0.3 is 9.47 Å². The summed E-state index contributed by atoms with van der Waals surface area (Å²) in [5.41, 5.74) is -0.244. The zero-order valence-electron chi connectivity index (χ0n) is 11.5. The first kappa shape index (κ1) is 14.7. The molecule has 2 N–H and O–H groups in total. The molecule has 112 valence electrons. The molecule has 2 aromatic rings. The number of nitrogens with zero attached hydrogens (tertiary/aromatic N) is 4. The summed E-state index contributed by atoms with van der Waals surface area (Å²) in [4.78, 5) is 27.4. The summed E-state index contributed by atoms with van der Waals surface area (Å²) >= 11 is 0. The third-order valence-corrected chi connectivity index (χ3v) is 2.49. The lowest BCUT2D eigenvalue weighted by molar-refractivity contribution is 0.101. The van der Waals surface area contributed by atoms with Gasteiger partial charge in [-0.25, -0.2) is 9.78 Å². The van der Waals surface area contributed by atoms with Crippen LogP contribution in [0.1, 0.15) is 10.5 Å². The van der Waals surface area contributed by atoms with Gasteiger partial charge in [0.25, 0.3) is 11.5 Å². The number of ether oxygens (including phenoxy) is 2. The minimum Gasteiger partial charge on any atom is -0.466 e. The number of methoxy groups -OCH3 is 2. The minimum atomic E-state index is -0.528. The maximum atomic E-state index is 12.0. The first-order valence-electron chi connectivity index (χ1n) is 5.99. The fourth-order valence-corrected chi connectivity index (χ4v) is 1.47. The fraction of sp³-hybridized carbons (Fsp3) is 0.364. The molecule has 0 radical (unpaired) electrons. The second kappa shape index (κ2) is 6.61. The number of anilines is 1. The van der Waals surface area contributed by atoms with Gasteiger partial charge >= 0.3 is 6.01 Å². The highest BCUT2D eigenvalue weighted by molar-refractivity contribution is 6.01. The van der Waals surface area contributed by atoms with Crippen molar-refractivity contribution in [2.45, 2.75) is 6.54 Å². The van der Waals surface area contributed by atoms with E-state index in [0.29, 0.717) is 6.61 Å². The topological polar surface area (TPSA) is 124 Å². The molecular weight excluding hydrogens is 280 g/mol. The van der Waals surface area contributed by atoms with E-state index in [2.05, 4.69) is 25.6 Å². The van der Waals surface area contributed by atoms with E-state index in [1.165, 1.54) is 26.4 Å². The van der Waals surface area contributed by atoms with E-state index < -0.39 is 5.91 Å². The number of hydrogen-bond donors (Lipinski definition) is 2. The highest BCUT2D eigenvalue weighted by atomic mass is 16.5. The molecule has 2 rings (SSSR count). The number of aromatic nitrogens is 5. The largest absolute Gasteiger partial charge is 0.466 e. The van der Waals surface area contributed by atoms with Crippen LogP contribution in [-0.2, 0) is 11.3 Å². The number of rotatable bonds is 6. The Morgan fingerprint density at radius 2 is 2.24 bits per heavy atom. The van der Waals surface area contributed by atoms with Gasteiger partial charge in [0.2, 0.25) is 5.95 Å². The molecule has 0 fully saturated rings. The van der Waals surface area contributed by atoms with Gasteiger partial charge in [-0.05, 0) is 6.07 Å². The first-order valence-corrected chi connectivity index (χ1v) is 5.99. The maximum Gasteiger partial charge on any atom is 0.336 e. The van der Waals surface area contributed by atoms with Crippen molar-refractivity contribution in [1.29, 1.82) is 0 Å². The van der Waals surface area contributed by atoms with Crippen LogP contribution in [0.3, 0.4) is 0 Å². The van der Waals surface area contributed by atoms with Crippen molar-refractivity contribution in [3.05, 3.63) is 28.2 Å². The Morgan fingerprint density at radius 3 is 2.90 bits per heavy atom. The molecule has 0 spiro atoms. The molecular formula is C11H14N6O4. The van der Waals surface area contributed by atoms with Gasteiger partial charge in [0.15, 0.2) is 0 Å². The van der Waals surface area contributed by atoms with E-state index in [-0.39, 0.29) is 29.8 Å². The van der Waals surface area contributed by atoms with Crippen molar-refractivity contribution in [1.82, 2.24) is 25.0 Å². The molecule has 0 atom stereocenters. The summed E-state index contributed by atoms with van der Waals surface area (Å²) in [5.74, 6) is -0.409. The lowest BCUT2D eigenvalue weighted by Gasteiger charge is -2.05. The Morgan fingerprint density at radius 1 is 1.43 bits per heavy atom. The van der Waals surface area contributed by atoms with Crippen molar-refractivity contribution in [2.24, 2.45) is 0 Å². The van der Waals surface area contributed by atoms with Gasteiger partial charge in [-0.15, -0.1) is 5.10 Å². The Bertz CT molecular complexity index is 679. The van der Waals surface area contributed by atoms with E-state index in [9.17, 15) is 9.59 Å². The van der Waals surface area contributed by atoms with Gasteiger partial charge in [0.05, 0.1) is 20.3 Å². The van der Waals surface area contributed by atoms with Crippen molar-refractivity contribution in [3.8, 4) is 6.01 Å². The third kappa shape index (κ3) is 3.63. The van der Waals surface area contributed by atoms with E-state index in [1.54, 1.807) is 0 Å². The smallest absolute Gasteiger partial charge is 0.336 e. The molecule has 0 bridgehead atoms. The SMILES string of the molecule is COCCn1nc(C(=O)Nc2nc(OC)n[nH]2)ccc1=O. The lowest BCUT2D eigenvalue weighted by atomic mass is 10.3. The first-order chi connectivity index (χ1) is 10.1. The van der Waals surface area contributed by atoms with Crippen LogP contribution in [-0.4, -0.2) is 51.7 Å². The average molecular weight is 294 g/mol. The van der Waals surface area contributed by atoms with Crippen LogP contribution < -0.4 is 15.6 Å². The molecule has 0 aliphatic heterocycles. The molecule has 1 amide bonds. The lowest BCUT2D eigenvalue weighted by Crippen LogP contribution is -2.27. The van der Waals surface area contributed by atoms with E-state index in [4.69, 9.17) is 9.47 Å². The molecule has 2 heterocycles. The van der Waals surface area contributed by atoms with Crippen LogP contribution in [0.15, 0.2) is 16.9 Å². The second-order valence-electron chi connectivity index (χ2n) is 3.90. The molecule has 0 aliphatic rings. The Labute approximate surface area is 119 Å². The summed E-state index contributed by atoms with van der Waals surface area (Å²) in [5, 5.41) is 12.6. The molecule has 0 saturated carbocycles. The highest BCUT2D eigenvalue weighted by Crippen LogP contribution is 2.05. The van der Waals surface area contributed by atoms with Crippen molar-refractivity contribution in [3.63, 3.8) is 0 Å². The highest BCUT2D eigenvalue weighted by Gasteiger charge is 2.12. The van der Waals surface area contributed by atoms with Crippen molar-refractivity contribution < 1.29 is 14.3 Å².